The van der Waals surface area contributed by atoms with E-state index in [1.54, 1.807) is 0 Å². The zero-order valence-corrected chi connectivity index (χ0v) is 16.8. The molecule has 0 amide bonds. The van der Waals surface area contributed by atoms with Gasteiger partial charge < -0.3 is 4.74 Å². The van der Waals surface area contributed by atoms with Crippen LogP contribution in [0.4, 0.5) is 5.69 Å². The number of ether oxygens (including phenoxy) is 1. The van der Waals surface area contributed by atoms with Gasteiger partial charge >= 0.3 is 0 Å². The number of allylic oxidation sites excluding steroid dienone is 2. The molecule has 2 nitrogen and oxygen atoms in total. The second-order valence-corrected chi connectivity index (χ2v) is 7.63. The molecule has 0 bridgehead atoms. The maximum atomic E-state index is 5.89. The van der Waals surface area contributed by atoms with E-state index in [0.717, 1.165) is 11.4 Å². The van der Waals surface area contributed by atoms with Crippen molar-refractivity contribution < 1.29 is 4.74 Å². The number of benzene rings is 3. The van der Waals surface area contributed by atoms with E-state index in [0.29, 0.717) is 13.2 Å². The second-order valence-electron chi connectivity index (χ2n) is 7.63. The highest BCUT2D eigenvalue weighted by Gasteiger charge is 2.35. The van der Waals surface area contributed by atoms with Gasteiger partial charge in [0, 0.05) is 11.1 Å². The largest absolute Gasteiger partial charge is 0.372 e. The highest BCUT2D eigenvalue weighted by Crippen LogP contribution is 2.45. The lowest BCUT2D eigenvalue weighted by Crippen LogP contribution is -2.05. The smallest absolute Gasteiger partial charge is 0.0801 e. The van der Waals surface area contributed by atoms with E-state index in [-0.39, 0.29) is 0 Å². The molecule has 0 spiro atoms. The Kier molecular flexibility index (Phi) is 4.49. The van der Waals surface area contributed by atoms with Gasteiger partial charge in [-0.3, -0.25) is 0 Å². The lowest BCUT2D eigenvalue weighted by Gasteiger charge is -2.14. The molecule has 1 fully saturated rings. The van der Waals surface area contributed by atoms with Crippen molar-refractivity contribution >= 4 is 22.5 Å². The van der Waals surface area contributed by atoms with E-state index in [1.165, 1.54) is 44.5 Å². The minimum absolute atomic E-state index is 0.641. The van der Waals surface area contributed by atoms with E-state index < -0.39 is 0 Å². The van der Waals surface area contributed by atoms with Crippen LogP contribution in [-0.2, 0) is 4.74 Å². The zero-order valence-electron chi connectivity index (χ0n) is 16.8. The van der Waals surface area contributed by atoms with Crippen LogP contribution in [0, 0.1) is 13.8 Å². The Labute approximate surface area is 171 Å². The van der Waals surface area contributed by atoms with E-state index >= 15 is 0 Å². The van der Waals surface area contributed by atoms with Crippen LogP contribution in [0.5, 0.6) is 0 Å². The van der Waals surface area contributed by atoms with Crippen molar-refractivity contribution in [1.29, 1.82) is 0 Å². The molecular formula is C27H23NO. The van der Waals surface area contributed by atoms with Gasteiger partial charge in [-0.1, -0.05) is 78.9 Å². The van der Waals surface area contributed by atoms with Gasteiger partial charge in [0.15, 0.2) is 0 Å². The minimum atomic E-state index is 0.641. The molecular weight excluding hydrogens is 354 g/mol. The van der Waals surface area contributed by atoms with Gasteiger partial charge in [-0.05, 0) is 47.2 Å². The molecule has 1 saturated heterocycles. The molecule has 0 atom stereocenters. The Balaban J connectivity index is 1.80. The second kappa shape index (κ2) is 7.31. The summed E-state index contributed by atoms with van der Waals surface area (Å²) >= 11 is 0. The number of nitrogens with zero attached hydrogens (tertiary/aromatic N) is 1. The molecule has 0 aromatic heterocycles. The molecule has 2 aliphatic rings. The van der Waals surface area contributed by atoms with Crippen molar-refractivity contribution in [1.82, 2.24) is 0 Å². The fourth-order valence-electron chi connectivity index (χ4n) is 4.32. The first kappa shape index (κ1) is 17.8. The summed E-state index contributed by atoms with van der Waals surface area (Å²) in [5.41, 5.74) is 11.9. The first-order valence-corrected chi connectivity index (χ1v) is 10.0. The lowest BCUT2D eigenvalue weighted by atomic mass is 9.95. The predicted molar refractivity (Wildman–Crippen MR) is 121 cm³/mol. The Bertz CT molecular complexity index is 1080. The fraction of sp³-hybridized carbons (Fsp3) is 0.148. The maximum Gasteiger partial charge on any atom is 0.0801 e. The van der Waals surface area contributed by atoms with Gasteiger partial charge in [0.1, 0.15) is 0 Å². The first-order chi connectivity index (χ1) is 14.2. The summed E-state index contributed by atoms with van der Waals surface area (Å²) < 4.78 is 5.89. The van der Waals surface area contributed by atoms with Crippen LogP contribution >= 0.6 is 0 Å². The third-order valence-electron chi connectivity index (χ3n) is 5.72. The standard InChI is InChI=1S/C27H23NO/c1-18-10-9-11-19(2)26(18)28-27-24(20-12-5-3-6-13-20)22-16-29-17-23(22)25(27)21-14-7-4-8-15-21/h3-15H,16-17H2,1-2H3. The van der Waals surface area contributed by atoms with Crippen molar-refractivity contribution in [2.45, 2.75) is 13.8 Å². The number of hydrogen-bond acceptors (Lipinski definition) is 2. The Morgan fingerprint density at radius 2 is 1.10 bits per heavy atom. The summed E-state index contributed by atoms with van der Waals surface area (Å²) in [4.78, 5) is 5.30. The number of rotatable bonds is 3. The SMILES string of the molecule is Cc1cccc(C)c1N=C1C(c2ccccc2)=C2COCC2=C1c1ccccc1. The summed E-state index contributed by atoms with van der Waals surface area (Å²) in [5.74, 6) is 0. The van der Waals surface area contributed by atoms with E-state index in [1.807, 2.05) is 0 Å². The number of fused-ring (bicyclic) bond motifs is 1. The Hall–Kier alpha value is -3.23. The molecule has 0 N–H and O–H groups in total. The van der Waals surface area contributed by atoms with Crippen molar-refractivity contribution in [3.8, 4) is 0 Å². The van der Waals surface area contributed by atoms with Crippen molar-refractivity contribution in [2.75, 3.05) is 13.2 Å². The molecule has 0 saturated carbocycles. The van der Waals surface area contributed by atoms with Gasteiger partial charge in [-0.15, -0.1) is 0 Å². The van der Waals surface area contributed by atoms with E-state index in [4.69, 9.17) is 9.73 Å². The normalized spacial score (nSPS) is 15.9. The zero-order chi connectivity index (χ0) is 19.8. The van der Waals surface area contributed by atoms with Gasteiger partial charge in [0.2, 0.25) is 0 Å². The number of hydrogen-bond donors (Lipinski definition) is 0. The summed E-state index contributed by atoms with van der Waals surface area (Å²) in [5, 5.41) is 0. The van der Waals surface area contributed by atoms with Crippen LogP contribution in [-0.4, -0.2) is 18.9 Å². The average molecular weight is 377 g/mol. The molecule has 0 unspecified atom stereocenters. The minimum Gasteiger partial charge on any atom is -0.372 e. The number of aryl methyl sites for hydroxylation is 2. The Morgan fingerprint density at radius 3 is 1.59 bits per heavy atom. The molecule has 1 aliphatic carbocycles. The lowest BCUT2D eigenvalue weighted by molar-refractivity contribution is 0.215. The maximum absolute atomic E-state index is 5.89. The van der Waals surface area contributed by atoms with Gasteiger partial charge in [0.05, 0.1) is 24.6 Å². The van der Waals surface area contributed by atoms with Crippen molar-refractivity contribution in [3.05, 3.63) is 112 Å². The van der Waals surface area contributed by atoms with Crippen molar-refractivity contribution in [2.24, 2.45) is 4.99 Å². The van der Waals surface area contributed by atoms with Crippen LogP contribution < -0.4 is 0 Å². The molecule has 5 rings (SSSR count). The molecule has 2 heteroatoms. The molecule has 3 aromatic carbocycles. The van der Waals surface area contributed by atoms with Gasteiger partial charge in [0.25, 0.3) is 0 Å². The number of aliphatic imine (C=N–C) groups is 1. The average Bonchev–Trinajstić information content (AvgIpc) is 3.32. The molecule has 1 heterocycles. The highest BCUT2D eigenvalue weighted by atomic mass is 16.5. The molecule has 29 heavy (non-hydrogen) atoms. The molecule has 3 aromatic rings. The fourth-order valence-corrected chi connectivity index (χ4v) is 4.32. The van der Waals surface area contributed by atoms with Crippen LogP contribution in [0.2, 0.25) is 0 Å². The van der Waals surface area contributed by atoms with Crippen LogP contribution in [0.3, 0.4) is 0 Å². The highest BCUT2D eigenvalue weighted by molar-refractivity contribution is 6.50. The van der Waals surface area contributed by atoms with Crippen LogP contribution in [0.25, 0.3) is 11.1 Å². The number of para-hydroxylation sites is 1. The van der Waals surface area contributed by atoms with Gasteiger partial charge in [-0.2, -0.15) is 0 Å². The Morgan fingerprint density at radius 1 is 0.621 bits per heavy atom. The third-order valence-corrected chi connectivity index (χ3v) is 5.72. The topological polar surface area (TPSA) is 21.6 Å². The summed E-state index contributed by atoms with van der Waals surface area (Å²) in [6, 6.07) is 27.5. The van der Waals surface area contributed by atoms with Crippen LogP contribution in [0.1, 0.15) is 22.3 Å². The molecule has 1 aliphatic heterocycles. The summed E-state index contributed by atoms with van der Waals surface area (Å²) in [6.07, 6.45) is 0. The first-order valence-electron chi connectivity index (χ1n) is 10.0. The molecule has 0 radical (unpaired) electrons. The monoisotopic (exact) mass is 377 g/mol. The predicted octanol–water partition coefficient (Wildman–Crippen LogP) is 6.33. The summed E-state index contributed by atoms with van der Waals surface area (Å²) in [7, 11) is 0. The van der Waals surface area contributed by atoms with Gasteiger partial charge in [-0.25, -0.2) is 4.99 Å². The quantitative estimate of drug-likeness (QED) is 0.523. The van der Waals surface area contributed by atoms with E-state index in [2.05, 4.69) is 92.7 Å². The summed E-state index contributed by atoms with van der Waals surface area (Å²) in [6.45, 7) is 5.55. The van der Waals surface area contributed by atoms with Crippen LogP contribution in [0.15, 0.2) is 95.0 Å². The molecule has 142 valence electrons. The van der Waals surface area contributed by atoms with E-state index in [9.17, 15) is 0 Å². The van der Waals surface area contributed by atoms with Crippen molar-refractivity contribution in [3.63, 3.8) is 0 Å². The third kappa shape index (κ3) is 3.06.